The van der Waals surface area contributed by atoms with Gasteiger partial charge in [-0.15, -0.1) is 0 Å². The second-order valence-electron chi connectivity index (χ2n) is 33.9. The number of rotatable bonds is 29. The predicted molar refractivity (Wildman–Crippen MR) is 493 cm³/mol. The molecular weight excluding hydrogens is 1660 g/mol. The van der Waals surface area contributed by atoms with Crippen LogP contribution in [0.5, 0.6) is 5.75 Å². The van der Waals surface area contributed by atoms with Crippen molar-refractivity contribution in [2.75, 3.05) is 31.2 Å². The van der Waals surface area contributed by atoms with E-state index in [4.69, 9.17) is 15.2 Å². The zero-order chi connectivity index (χ0) is 91.1. The van der Waals surface area contributed by atoms with Crippen LogP contribution in [0, 0.1) is 11.8 Å². The van der Waals surface area contributed by atoms with Gasteiger partial charge in [-0.2, -0.15) is 0 Å². The second kappa shape index (κ2) is 43.9. The lowest BCUT2D eigenvalue weighted by Crippen LogP contribution is -2.62. The number of likely N-dealkylation sites (tertiary alicyclic amines) is 1. The number of fused-ring (bicyclic) bond motifs is 3. The van der Waals surface area contributed by atoms with Gasteiger partial charge in [0, 0.05) is 36.8 Å². The summed E-state index contributed by atoms with van der Waals surface area (Å²) in [7, 11) is 1.97. The number of nitrogens with two attached hydrogens (primary N) is 1. The van der Waals surface area contributed by atoms with Gasteiger partial charge < -0.3 is 73.3 Å². The van der Waals surface area contributed by atoms with E-state index in [-0.39, 0.29) is 62.7 Å². The van der Waals surface area contributed by atoms with Crippen LogP contribution >= 0.6 is 21.6 Å². The van der Waals surface area contributed by atoms with Crippen LogP contribution < -0.4 is 63.6 Å². The highest BCUT2D eigenvalue weighted by atomic mass is 33.1. The van der Waals surface area contributed by atoms with Gasteiger partial charge in [0.1, 0.15) is 77.4 Å². The van der Waals surface area contributed by atoms with Crippen LogP contribution in [0.4, 0.5) is 4.79 Å². The molecule has 0 spiro atoms. The first-order valence-electron chi connectivity index (χ1n) is 43.4. The molecule has 2 aliphatic heterocycles. The number of ether oxygens (including phenoxy) is 2. The van der Waals surface area contributed by atoms with E-state index < -0.39 is 174 Å². The van der Waals surface area contributed by atoms with Crippen molar-refractivity contribution in [3.05, 3.63) is 305 Å². The highest BCUT2D eigenvalue weighted by Gasteiger charge is 2.45. The third-order valence-corrected chi connectivity index (χ3v) is 25.6. The number of carbonyl (C=O) groups excluding carboxylic acids is 12. The van der Waals surface area contributed by atoms with Gasteiger partial charge in [-0.25, -0.2) is 4.79 Å². The molecule has 3 aliphatic rings. The quantitative estimate of drug-likeness (QED) is 0.0153. The summed E-state index contributed by atoms with van der Waals surface area (Å²) in [6.45, 7) is 12.1. The molecule has 9 aromatic rings. The molecule has 2 unspecified atom stereocenters. The highest BCUT2D eigenvalue weighted by molar-refractivity contribution is 8.76. The van der Waals surface area contributed by atoms with Gasteiger partial charge in [-0.1, -0.05) is 298 Å². The van der Waals surface area contributed by atoms with E-state index in [1.807, 2.05) is 265 Å². The van der Waals surface area contributed by atoms with Gasteiger partial charge >= 0.3 is 6.09 Å². The Morgan fingerprint density at radius 1 is 0.531 bits per heavy atom. The molecule has 9 aromatic carbocycles. The Morgan fingerprint density at radius 2 is 0.992 bits per heavy atom. The van der Waals surface area contributed by atoms with Crippen LogP contribution in [0.3, 0.4) is 0 Å². The Labute approximate surface area is 754 Å². The zero-order valence-electron chi connectivity index (χ0n) is 72.8. The van der Waals surface area contributed by atoms with E-state index in [2.05, 4.69) is 53.2 Å². The SMILES string of the molecule is CC[C@H](C)[C@@H]1NC(=O)[C@H](Cc2ccc(OC(C)(C)C)cc2)NC(=O)C(NC(=O)OCC2c3ccccc3-c3ccccc32)CSSC[C@@H](C(=O)N2CCC[C@H]2C(=O)N[C@@H](CC(C)C)C(=O)NCC(N)=O)NC(=O)[C@H](CC(=O)NC(c2ccccc2)(c2ccccc2)c2ccccc2)NC(=O)C(CCC(=O)NC(c2ccccc2)(c2ccccc2)c2ccccc2)NC1=O. The normalized spacial score (nSPS) is 19.0. The maximum atomic E-state index is 16.3. The maximum Gasteiger partial charge on any atom is 0.407 e. The minimum atomic E-state index is -1.97. The Bertz CT molecular complexity index is 5130. The van der Waals surface area contributed by atoms with E-state index in [0.29, 0.717) is 44.7 Å². The number of hydrogen-bond acceptors (Lipinski definition) is 16. The Hall–Kier alpha value is -13.1. The van der Waals surface area contributed by atoms with E-state index in [0.717, 1.165) is 43.8 Å². The molecule has 128 heavy (non-hydrogen) atoms. The molecule has 28 heteroatoms. The predicted octanol–water partition coefficient (Wildman–Crippen LogP) is 10.7. The Morgan fingerprint density at radius 3 is 1.48 bits per heavy atom. The number of primary amides is 1. The fourth-order valence-electron chi connectivity index (χ4n) is 16.7. The molecule has 12 rings (SSSR count). The molecule has 0 saturated carbocycles. The fraction of sp³-hybridized carbons (Fsp3) is 0.340. The molecular formula is C100H112N12O14S2. The van der Waals surface area contributed by atoms with E-state index in [1.54, 1.807) is 38.1 Å². The van der Waals surface area contributed by atoms with Crippen molar-refractivity contribution < 1.29 is 67.0 Å². The van der Waals surface area contributed by atoms with Crippen LogP contribution in [0.1, 0.15) is 149 Å². The first-order valence-corrected chi connectivity index (χ1v) is 45.9. The van der Waals surface area contributed by atoms with Crippen LogP contribution in [0.25, 0.3) is 11.1 Å². The maximum absolute atomic E-state index is 16.3. The number of alkyl carbamates (subject to hydrolysis) is 1. The molecule has 2 saturated heterocycles. The topological polar surface area (TPSA) is 373 Å². The van der Waals surface area contributed by atoms with E-state index in [1.165, 1.54) is 4.90 Å². The summed E-state index contributed by atoms with van der Waals surface area (Å²) < 4.78 is 12.2. The Balaban J connectivity index is 0.966. The minimum absolute atomic E-state index is 0.0431. The summed E-state index contributed by atoms with van der Waals surface area (Å²) in [6.07, 6.45) is -2.35. The van der Waals surface area contributed by atoms with Crippen molar-refractivity contribution >= 4 is 92.7 Å². The summed E-state index contributed by atoms with van der Waals surface area (Å²) in [5, 5.41) is 29.1. The average molecular weight is 1770 g/mol. The van der Waals surface area contributed by atoms with Crippen LogP contribution in [0.2, 0.25) is 0 Å². The van der Waals surface area contributed by atoms with Gasteiger partial charge in [0.25, 0.3) is 0 Å². The van der Waals surface area contributed by atoms with Crippen molar-refractivity contribution in [1.82, 2.24) is 58.1 Å². The van der Waals surface area contributed by atoms with Gasteiger partial charge in [0.15, 0.2) is 0 Å². The molecule has 668 valence electrons. The third-order valence-electron chi connectivity index (χ3n) is 23.2. The molecule has 2 heterocycles. The molecule has 0 aromatic heterocycles. The lowest BCUT2D eigenvalue weighted by molar-refractivity contribution is -0.142. The monoisotopic (exact) mass is 1770 g/mol. The molecule has 12 N–H and O–H groups in total. The standard InChI is InChI=1S/C100H112N12O14S2/c1-8-64(4)88-95(122)103-78(53-54-86(114)110-99(66-32-15-9-16-33-66,67-34-17-10-18-35-67)68-36-19-11-20-37-68)90(117)105-81(58-87(115)111-100(69-38-21-12-22-39-69,70-40-23-13-24-41-70)71-42-25-14-26-43-71)91(118)107-83(96(123)112-55-31-48-84(112)94(121)106-79(56-63(2)3)89(116)102-59-85(101)113)62-128-127-61-82(93(120)104-80(92(119)109-88)57-65-49-51-72(52-50-65)126-98(5,6)7)108-97(124)125-60-77-75-46-29-27-44-73(75)74-45-28-30-47-76(74)77/h9-30,32-47,49-52,63-64,77-84,88H,8,31,48,53-62H2,1-7H3,(H2,101,113)(H,102,116)(H,103,122)(H,104,120)(H,105,117)(H,106,121)(H,107,118)(H,108,124)(H,109,119)(H,110,114)(H,111,115)/t64-,78?,79-,80-,81-,82?,83-,84-,88-/m0/s1. The summed E-state index contributed by atoms with van der Waals surface area (Å²) in [4.78, 5) is 184. The van der Waals surface area contributed by atoms with Crippen molar-refractivity contribution in [2.45, 2.75) is 171 Å². The summed E-state index contributed by atoms with van der Waals surface area (Å²) >= 11 is 0. The number of amides is 12. The third kappa shape index (κ3) is 23.8. The average Bonchev–Trinajstić information content (AvgIpc) is 0.976. The zero-order valence-corrected chi connectivity index (χ0v) is 74.5. The molecule has 0 bridgehead atoms. The van der Waals surface area contributed by atoms with E-state index in [9.17, 15) is 19.2 Å². The molecule has 26 nitrogen and oxygen atoms in total. The van der Waals surface area contributed by atoms with Gasteiger partial charge in [0.05, 0.1) is 13.0 Å². The van der Waals surface area contributed by atoms with Crippen LogP contribution in [0.15, 0.2) is 255 Å². The minimum Gasteiger partial charge on any atom is -0.488 e. The summed E-state index contributed by atoms with van der Waals surface area (Å²) in [5.74, 6) is -10.8. The molecule has 2 fully saturated rings. The molecule has 12 amide bonds. The first kappa shape index (κ1) is 94.1. The lowest BCUT2D eigenvalue weighted by Gasteiger charge is -2.37. The van der Waals surface area contributed by atoms with Crippen LogP contribution in [-0.4, -0.2) is 161 Å². The van der Waals surface area contributed by atoms with E-state index >= 15 is 38.4 Å². The van der Waals surface area contributed by atoms with Crippen molar-refractivity contribution in [3.8, 4) is 16.9 Å². The fourth-order valence-corrected chi connectivity index (χ4v) is 19.0. The number of carbonyl (C=O) groups is 12. The second-order valence-corrected chi connectivity index (χ2v) is 36.4. The molecule has 9 atom stereocenters. The highest BCUT2D eigenvalue weighted by Crippen LogP contribution is 2.45. The largest absolute Gasteiger partial charge is 0.488 e. The summed E-state index contributed by atoms with van der Waals surface area (Å²) in [5.41, 5.74) is 10.1. The number of nitrogens with zero attached hydrogens (tertiary/aromatic N) is 1. The number of hydrogen-bond donors (Lipinski definition) is 11. The van der Waals surface area contributed by atoms with Gasteiger partial charge in [0.2, 0.25) is 65.0 Å². The lowest BCUT2D eigenvalue weighted by atomic mass is 9.77. The Kier molecular flexibility index (Phi) is 32.3. The smallest absolute Gasteiger partial charge is 0.407 e. The van der Waals surface area contributed by atoms with Crippen molar-refractivity contribution in [1.29, 1.82) is 0 Å². The van der Waals surface area contributed by atoms with Crippen LogP contribution in [-0.2, 0) is 75.0 Å². The van der Waals surface area contributed by atoms with Crippen molar-refractivity contribution in [3.63, 3.8) is 0 Å². The van der Waals surface area contributed by atoms with Crippen molar-refractivity contribution in [2.24, 2.45) is 17.6 Å². The van der Waals surface area contributed by atoms with Gasteiger partial charge in [-0.3, -0.25) is 52.7 Å². The molecule has 0 radical (unpaired) electrons. The number of nitrogens with one attached hydrogen (secondary N) is 10. The molecule has 1 aliphatic carbocycles. The summed E-state index contributed by atoms with van der Waals surface area (Å²) in [6, 6.07) is 65.3. The van der Waals surface area contributed by atoms with Gasteiger partial charge in [-0.05, 0) is 132 Å². The first-order chi connectivity index (χ1) is 61.6. The number of benzene rings is 9.